The van der Waals surface area contributed by atoms with E-state index in [2.05, 4.69) is 15.0 Å². The summed E-state index contributed by atoms with van der Waals surface area (Å²) >= 11 is 0. The SMILES string of the molecule is CCCNc1ccncc1S(=O)(=O)NCCCOCC. The molecule has 0 bridgehead atoms. The van der Waals surface area contributed by atoms with E-state index in [0.717, 1.165) is 13.0 Å². The minimum absolute atomic E-state index is 0.185. The number of rotatable bonds is 10. The number of hydrogen-bond acceptors (Lipinski definition) is 5. The number of nitrogens with zero attached hydrogens (tertiary/aromatic N) is 1. The van der Waals surface area contributed by atoms with Crippen molar-refractivity contribution in [3.05, 3.63) is 18.5 Å². The largest absolute Gasteiger partial charge is 0.384 e. The molecule has 0 fully saturated rings. The molecule has 6 nitrogen and oxygen atoms in total. The molecule has 1 aromatic heterocycles. The van der Waals surface area contributed by atoms with Gasteiger partial charge in [0.15, 0.2) is 0 Å². The van der Waals surface area contributed by atoms with E-state index in [1.54, 1.807) is 12.3 Å². The van der Waals surface area contributed by atoms with Crippen LogP contribution in [0.15, 0.2) is 23.4 Å². The van der Waals surface area contributed by atoms with E-state index in [9.17, 15) is 8.42 Å². The van der Waals surface area contributed by atoms with Crippen molar-refractivity contribution in [1.82, 2.24) is 9.71 Å². The van der Waals surface area contributed by atoms with Crippen molar-refractivity contribution in [3.8, 4) is 0 Å². The molecule has 20 heavy (non-hydrogen) atoms. The normalized spacial score (nSPS) is 11.5. The Labute approximate surface area is 121 Å². The third-order valence-electron chi connectivity index (χ3n) is 2.60. The fourth-order valence-electron chi connectivity index (χ4n) is 1.60. The number of aromatic nitrogens is 1. The maximum absolute atomic E-state index is 12.2. The number of sulfonamides is 1. The molecule has 1 heterocycles. The van der Waals surface area contributed by atoms with E-state index in [-0.39, 0.29) is 4.90 Å². The van der Waals surface area contributed by atoms with Crippen molar-refractivity contribution in [1.29, 1.82) is 0 Å². The first-order valence-electron chi connectivity index (χ1n) is 6.87. The van der Waals surface area contributed by atoms with Crippen molar-refractivity contribution in [3.63, 3.8) is 0 Å². The standard InChI is InChI=1S/C13H23N3O3S/c1-3-7-15-12-6-9-14-11-13(12)20(17,18)16-8-5-10-19-4-2/h6,9,11,16H,3-5,7-8,10H2,1-2H3,(H,14,15). The summed E-state index contributed by atoms with van der Waals surface area (Å²) in [6.07, 6.45) is 4.50. The van der Waals surface area contributed by atoms with Crippen LogP contribution >= 0.6 is 0 Å². The molecule has 1 aromatic rings. The van der Waals surface area contributed by atoms with Gasteiger partial charge in [0.25, 0.3) is 0 Å². The van der Waals surface area contributed by atoms with Gasteiger partial charge in [0, 0.05) is 38.7 Å². The summed E-state index contributed by atoms with van der Waals surface area (Å²) in [5.74, 6) is 0. The highest BCUT2D eigenvalue weighted by molar-refractivity contribution is 7.89. The molecule has 0 aliphatic rings. The van der Waals surface area contributed by atoms with E-state index in [4.69, 9.17) is 4.74 Å². The van der Waals surface area contributed by atoms with Crippen molar-refractivity contribution >= 4 is 15.7 Å². The lowest BCUT2D eigenvalue weighted by atomic mass is 10.4. The molecule has 1 rings (SSSR count). The van der Waals surface area contributed by atoms with Gasteiger partial charge in [-0.2, -0.15) is 0 Å². The van der Waals surface area contributed by atoms with Crippen molar-refractivity contribution in [2.45, 2.75) is 31.6 Å². The highest BCUT2D eigenvalue weighted by Crippen LogP contribution is 2.19. The van der Waals surface area contributed by atoms with Gasteiger partial charge in [0.1, 0.15) is 4.90 Å². The highest BCUT2D eigenvalue weighted by Gasteiger charge is 2.17. The molecule has 0 aliphatic carbocycles. The summed E-state index contributed by atoms with van der Waals surface area (Å²) < 4.78 is 32.2. The molecule has 2 N–H and O–H groups in total. The van der Waals surface area contributed by atoms with Crippen LogP contribution < -0.4 is 10.0 Å². The minimum atomic E-state index is -3.54. The maximum atomic E-state index is 12.2. The lowest BCUT2D eigenvalue weighted by molar-refractivity contribution is 0.146. The van der Waals surface area contributed by atoms with Crippen molar-refractivity contribution in [2.75, 3.05) is 31.6 Å². The number of anilines is 1. The predicted octanol–water partition coefficient (Wildman–Crippen LogP) is 1.61. The van der Waals surface area contributed by atoms with E-state index in [1.165, 1.54) is 6.20 Å². The van der Waals surface area contributed by atoms with Gasteiger partial charge in [-0.15, -0.1) is 0 Å². The van der Waals surface area contributed by atoms with E-state index >= 15 is 0 Å². The van der Waals surface area contributed by atoms with Gasteiger partial charge in [0.2, 0.25) is 10.0 Å². The van der Waals surface area contributed by atoms with Gasteiger partial charge in [0.05, 0.1) is 5.69 Å². The Bertz CT molecular complexity index is 491. The van der Waals surface area contributed by atoms with Crippen LogP contribution in [0.25, 0.3) is 0 Å². The van der Waals surface area contributed by atoms with Crippen LogP contribution in [-0.4, -0.2) is 39.7 Å². The Morgan fingerprint density at radius 2 is 2.10 bits per heavy atom. The molecule has 0 aliphatic heterocycles. The number of ether oxygens (including phenoxy) is 1. The number of hydrogen-bond donors (Lipinski definition) is 2. The summed E-state index contributed by atoms with van der Waals surface area (Å²) in [4.78, 5) is 4.08. The molecular formula is C13H23N3O3S. The second-order valence-electron chi connectivity index (χ2n) is 4.25. The van der Waals surface area contributed by atoms with Crippen LogP contribution in [0.2, 0.25) is 0 Å². The van der Waals surface area contributed by atoms with Crippen LogP contribution in [-0.2, 0) is 14.8 Å². The fourth-order valence-corrected chi connectivity index (χ4v) is 2.80. The second kappa shape index (κ2) is 8.89. The molecule has 114 valence electrons. The van der Waals surface area contributed by atoms with Gasteiger partial charge < -0.3 is 10.1 Å². The molecule has 0 radical (unpaired) electrons. The molecule has 0 atom stereocenters. The Morgan fingerprint density at radius 3 is 2.80 bits per heavy atom. The van der Waals surface area contributed by atoms with E-state index in [0.29, 0.717) is 31.9 Å². The second-order valence-corrected chi connectivity index (χ2v) is 5.98. The molecule has 0 saturated heterocycles. The number of pyridine rings is 1. The zero-order valence-corrected chi connectivity index (χ0v) is 12.9. The van der Waals surface area contributed by atoms with Crippen LogP contribution in [0, 0.1) is 0 Å². The van der Waals surface area contributed by atoms with Crippen molar-refractivity contribution in [2.24, 2.45) is 0 Å². The first kappa shape index (κ1) is 16.9. The maximum Gasteiger partial charge on any atom is 0.244 e. The summed E-state index contributed by atoms with van der Waals surface area (Å²) in [6.45, 7) is 6.19. The van der Waals surface area contributed by atoms with Crippen LogP contribution in [0.5, 0.6) is 0 Å². The van der Waals surface area contributed by atoms with Crippen LogP contribution in [0.4, 0.5) is 5.69 Å². The van der Waals surface area contributed by atoms with E-state index < -0.39 is 10.0 Å². The molecular weight excluding hydrogens is 278 g/mol. The Kier molecular flexibility index (Phi) is 7.50. The first-order valence-corrected chi connectivity index (χ1v) is 8.35. The van der Waals surface area contributed by atoms with Gasteiger partial charge in [-0.05, 0) is 25.8 Å². The Hall–Kier alpha value is -1.18. The summed E-state index contributed by atoms with van der Waals surface area (Å²) in [6, 6.07) is 1.67. The van der Waals surface area contributed by atoms with Gasteiger partial charge in [-0.3, -0.25) is 4.98 Å². The molecule has 7 heteroatoms. The zero-order chi connectivity index (χ0) is 14.8. The molecule has 0 unspecified atom stereocenters. The van der Waals surface area contributed by atoms with Gasteiger partial charge in [-0.25, -0.2) is 13.1 Å². The summed E-state index contributed by atoms with van der Waals surface area (Å²) in [7, 11) is -3.54. The third kappa shape index (κ3) is 5.44. The first-order chi connectivity index (χ1) is 9.61. The topological polar surface area (TPSA) is 80.3 Å². The summed E-state index contributed by atoms with van der Waals surface area (Å²) in [5.41, 5.74) is 0.583. The Morgan fingerprint density at radius 1 is 1.30 bits per heavy atom. The Balaban J connectivity index is 2.66. The zero-order valence-electron chi connectivity index (χ0n) is 12.1. The van der Waals surface area contributed by atoms with Gasteiger partial charge in [-0.1, -0.05) is 6.92 Å². The quantitative estimate of drug-likeness (QED) is 0.642. The lowest BCUT2D eigenvalue weighted by Gasteiger charge is -2.12. The minimum Gasteiger partial charge on any atom is -0.384 e. The smallest absolute Gasteiger partial charge is 0.244 e. The lowest BCUT2D eigenvalue weighted by Crippen LogP contribution is -2.26. The third-order valence-corrected chi connectivity index (χ3v) is 4.09. The summed E-state index contributed by atoms with van der Waals surface area (Å²) in [5, 5.41) is 3.10. The average molecular weight is 301 g/mol. The van der Waals surface area contributed by atoms with Crippen molar-refractivity contribution < 1.29 is 13.2 Å². The average Bonchev–Trinajstić information content (AvgIpc) is 2.45. The highest BCUT2D eigenvalue weighted by atomic mass is 32.2. The van der Waals surface area contributed by atoms with Gasteiger partial charge >= 0.3 is 0 Å². The fraction of sp³-hybridized carbons (Fsp3) is 0.615. The molecule has 0 amide bonds. The molecule has 0 saturated carbocycles. The van der Waals surface area contributed by atoms with Crippen LogP contribution in [0.3, 0.4) is 0 Å². The predicted molar refractivity (Wildman–Crippen MR) is 79.3 cm³/mol. The van der Waals surface area contributed by atoms with Crippen LogP contribution in [0.1, 0.15) is 26.7 Å². The van der Waals surface area contributed by atoms with E-state index in [1.807, 2.05) is 13.8 Å². The number of nitrogens with one attached hydrogen (secondary N) is 2. The molecule has 0 spiro atoms. The molecule has 0 aromatic carbocycles. The monoisotopic (exact) mass is 301 g/mol.